The average molecular weight is 412 g/mol. The molecule has 0 saturated heterocycles. The molecule has 0 aliphatic carbocycles. The first-order valence-electron chi connectivity index (χ1n) is 8.52. The smallest absolute Gasteiger partial charge is 0.308 e. The SMILES string of the molecule is COc1cc(/C=N\NC(=O)c2ccc(-c3ccc(F)cc3)s2)ccc1OC(C)=O. The standard InChI is InChI=1S/C21H17FN2O4S/c1-13(25)28-17-8-3-14(11-18(17)27-2)12-23-24-21(26)20-10-9-19(29-20)15-4-6-16(22)7-5-15/h3-12H,1-2H3,(H,24,26)/b23-12-. The third-order valence-corrected chi connectivity index (χ3v) is 4.91. The minimum atomic E-state index is -0.451. The number of hydrazone groups is 1. The summed E-state index contributed by atoms with van der Waals surface area (Å²) in [5.74, 6) is -0.447. The van der Waals surface area contributed by atoms with Crippen LogP contribution in [0.1, 0.15) is 22.2 Å². The van der Waals surface area contributed by atoms with Crippen molar-refractivity contribution < 1.29 is 23.5 Å². The van der Waals surface area contributed by atoms with Crippen LogP contribution in [0.15, 0.2) is 59.7 Å². The van der Waals surface area contributed by atoms with E-state index in [1.165, 1.54) is 43.7 Å². The van der Waals surface area contributed by atoms with Gasteiger partial charge < -0.3 is 9.47 Å². The summed E-state index contributed by atoms with van der Waals surface area (Å²) in [4.78, 5) is 24.7. The highest BCUT2D eigenvalue weighted by Crippen LogP contribution is 2.29. The van der Waals surface area contributed by atoms with Crippen LogP contribution < -0.4 is 14.9 Å². The molecule has 1 heterocycles. The lowest BCUT2D eigenvalue weighted by Crippen LogP contribution is -2.16. The van der Waals surface area contributed by atoms with Gasteiger partial charge in [-0.1, -0.05) is 12.1 Å². The number of esters is 1. The molecule has 29 heavy (non-hydrogen) atoms. The summed E-state index contributed by atoms with van der Waals surface area (Å²) in [5.41, 5.74) is 3.94. The molecule has 6 nitrogen and oxygen atoms in total. The molecule has 0 radical (unpaired) electrons. The summed E-state index contributed by atoms with van der Waals surface area (Å²) in [7, 11) is 1.46. The molecule has 0 spiro atoms. The number of ether oxygens (including phenoxy) is 2. The molecule has 1 aromatic heterocycles. The maximum absolute atomic E-state index is 13.0. The number of benzene rings is 2. The molecule has 0 saturated carbocycles. The normalized spacial score (nSPS) is 10.7. The van der Waals surface area contributed by atoms with Gasteiger partial charge in [0.15, 0.2) is 11.5 Å². The highest BCUT2D eigenvalue weighted by Gasteiger charge is 2.10. The van der Waals surface area contributed by atoms with Crippen molar-refractivity contribution in [3.8, 4) is 21.9 Å². The van der Waals surface area contributed by atoms with Crippen molar-refractivity contribution >= 4 is 29.4 Å². The predicted octanol–water partition coefficient (Wildman–Crippen LogP) is 4.25. The maximum Gasteiger partial charge on any atom is 0.308 e. The molecule has 148 valence electrons. The lowest BCUT2D eigenvalue weighted by atomic mass is 10.2. The first-order valence-corrected chi connectivity index (χ1v) is 9.33. The second-order valence-electron chi connectivity index (χ2n) is 5.87. The first kappa shape index (κ1) is 20.2. The van der Waals surface area contributed by atoms with Gasteiger partial charge in [-0.2, -0.15) is 5.10 Å². The molecular weight excluding hydrogens is 395 g/mol. The molecule has 2 aromatic carbocycles. The largest absolute Gasteiger partial charge is 0.493 e. The van der Waals surface area contributed by atoms with Gasteiger partial charge in [0, 0.05) is 11.8 Å². The van der Waals surface area contributed by atoms with Crippen LogP contribution in [0.3, 0.4) is 0 Å². The van der Waals surface area contributed by atoms with Crippen molar-refractivity contribution in [1.82, 2.24) is 5.43 Å². The fraction of sp³-hybridized carbons (Fsp3) is 0.0952. The van der Waals surface area contributed by atoms with Crippen molar-refractivity contribution in [2.75, 3.05) is 7.11 Å². The van der Waals surface area contributed by atoms with Crippen LogP contribution in [-0.4, -0.2) is 25.2 Å². The maximum atomic E-state index is 13.0. The minimum Gasteiger partial charge on any atom is -0.493 e. The number of rotatable bonds is 6. The van der Waals surface area contributed by atoms with Crippen LogP contribution in [-0.2, 0) is 4.79 Å². The second kappa shape index (κ2) is 9.11. The zero-order valence-corrected chi connectivity index (χ0v) is 16.5. The molecule has 0 fully saturated rings. The van der Waals surface area contributed by atoms with Gasteiger partial charge in [0.05, 0.1) is 18.2 Å². The van der Waals surface area contributed by atoms with E-state index in [9.17, 15) is 14.0 Å². The van der Waals surface area contributed by atoms with Gasteiger partial charge in [0.25, 0.3) is 5.91 Å². The van der Waals surface area contributed by atoms with E-state index < -0.39 is 5.97 Å². The minimum absolute atomic E-state index is 0.299. The van der Waals surface area contributed by atoms with E-state index in [0.29, 0.717) is 21.9 Å². The van der Waals surface area contributed by atoms with Crippen molar-refractivity contribution in [2.24, 2.45) is 5.10 Å². The summed E-state index contributed by atoms with van der Waals surface area (Å²) in [6.07, 6.45) is 1.45. The third-order valence-electron chi connectivity index (χ3n) is 3.78. The molecule has 0 aliphatic heterocycles. The Kier molecular flexibility index (Phi) is 6.36. The molecule has 1 amide bonds. The Bertz CT molecular complexity index is 1060. The lowest BCUT2D eigenvalue weighted by molar-refractivity contribution is -0.132. The van der Waals surface area contributed by atoms with E-state index in [2.05, 4.69) is 10.5 Å². The van der Waals surface area contributed by atoms with Gasteiger partial charge in [0.2, 0.25) is 0 Å². The Morgan fingerprint density at radius 2 is 1.83 bits per heavy atom. The highest BCUT2D eigenvalue weighted by molar-refractivity contribution is 7.17. The molecule has 0 unspecified atom stereocenters. The van der Waals surface area contributed by atoms with E-state index in [1.807, 2.05) is 0 Å². The van der Waals surface area contributed by atoms with Crippen LogP contribution in [0.5, 0.6) is 11.5 Å². The van der Waals surface area contributed by atoms with Gasteiger partial charge in [-0.05, 0) is 53.6 Å². The average Bonchev–Trinajstić information content (AvgIpc) is 3.19. The van der Waals surface area contributed by atoms with Crippen molar-refractivity contribution in [3.05, 3.63) is 70.9 Å². The summed E-state index contributed by atoms with van der Waals surface area (Å²) < 4.78 is 23.3. The van der Waals surface area contributed by atoms with Crippen LogP contribution in [0.4, 0.5) is 4.39 Å². The number of carbonyl (C=O) groups excluding carboxylic acids is 2. The fourth-order valence-corrected chi connectivity index (χ4v) is 3.35. The van der Waals surface area contributed by atoms with E-state index in [1.54, 1.807) is 42.5 Å². The molecule has 3 rings (SSSR count). The summed E-state index contributed by atoms with van der Waals surface area (Å²) in [6, 6.07) is 14.4. The number of thiophene rings is 1. The van der Waals surface area contributed by atoms with Crippen LogP contribution >= 0.6 is 11.3 Å². The van der Waals surface area contributed by atoms with Crippen LogP contribution in [0.2, 0.25) is 0 Å². The van der Waals surface area contributed by atoms with Gasteiger partial charge in [-0.15, -0.1) is 11.3 Å². The predicted molar refractivity (Wildman–Crippen MR) is 109 cm³/mol. The van der Waals surface area contributed by atoms with Gasteiger partial charge in [-0.25, -0.2) is 9.82 Å². The Labute approximate surface area is 170 Å². The second-order valence-corrected chi connectivity index (χ2v) is 6.96. The molecule has 0 bridgehead atoms. The third kappa shape index (κ3) is 5.26. The number of nitrogens with one attached hydrogen (secondary N) is 1. The van der Waals surface area contributed by atoms with Crippen LogP contribution in [0, 0.1) is 5.82 Å². The van der Waals surface area contributed by atoms with E-state index >= 15 is 0 Å². The molecule has 8 heteroatoms. The van der Waals surface area contributed by atoms with Crippen molar-refractivity contribution in [2.45, 2.75) is 6.92 Å². The summed E-state index contributed by atoms with van der Waals surface area (Å²) in [6.45, 7) is 1.30. The molecule has 0 aliphatic rings. The van der Waals surface area contributed by atoms with Gasteiger partial charge in [0.1, 0.15) is 5.82 Å². The summed E-state index contributed by atoms with van der Waals surface area (Å²) in [5, 5.41) is 3.95. The van der Waals surface area contributed by atoms with Gasteiger partial charge in [-0.3, -0.25) is 9.59 Å². The number of hydrogen-bond donors (Lipinski definition) is 1. The van der Waals surface area contributed by atoms with Crippen LogP contribution in [0.25, 0.3) is 10.4 Å². The van der Waals surface area contributed by atoms with E-state index in [0.717, 1.165) is 10.4 Å². The Hall–Kier alpha value is -3.52. The Morgan fingerprint density at radius 3 is 2.52 bits per heavy atom. The molecular formula is C21H17FN2O4S. The zero-order chi connectivity index (χ0) is 20.8. The topological polar surface area (TPSA) is 77.0 Å². The first-order chi connectivity index (χ1) is 14.0. The number of nitrogens with zero attached hydrogens (tertiary/aromatic N) is 1. The number of amides is 1. The number of hydrogen-bond acceptors (Lipinski definition) is 6. The summed E-state index contributed by atoms with van der Waals surface area (Å²) >= 11 is 1.28. The Balaban J connectivity index is 1.65. The Morgan fingerprint density at radius 1 is 1.07 bits per heavy atom. The number of halogens is 1. The number of methoxy groups -OCH3 is 1. The molecule has 3 aromatic rings. The molecule has 0 atom stereocenters. The lowest BCUT2D eigenvalue weighted by Gasteiger charge is -2.08. The quantitative estimate of drug-likeness (QED) is 0.284. The zero-order valence-electron chi connectivity index (χ0n) is 15.6. The monoisotopic (exact) mass is 412 g/mol. The van der Waals surface area contributed by atoms with Crippen molar-refractivity contribution in [1.29, 1.82) is 0 Å². The van der Waals surface area contributed by atoms with E-state index in [4.69, 9.17) is 9.47 Å². The highest BCUT2D eigenvalue weighted by atomic mass is 32.1. The van der Waals surface area contributed by atoms with Gasteiger partial charge >= 0.3 is 5.97 Å². The van der Waals surface area contributed by atoms with E-state index in [-0.39, 0.29) is 11.7 Å². The number of carbonyl (C=O) groups is 2. The fourth-order valence-electron chi connectivity index (χ4n) is 2.45. The van der Waals surface area contributed by atoms with Crippen molar-refractivity contribution in [3.63, 3.8) is 0 Å². The molecule has 1 N–H and O–H groups in total.